The molecule has 1 N–H and O–H groups in total. The fraction of sp³-hybridized carbons (Fsp3) is 1.00. The zero-order valence-electron chi connectivity index (χ0n) is 12.7. The van der Waals surface area contributed by atoms with Crippen LogP contribution in [0.4, 0.5) is 0 Å². The molecule has 4 rings (SSSR count). The molecular formula is C18H30O. The van der Waals surface area contributed by atoms with Crippen LogP contribution in [0.15, 0.2) is 0 Å². The van der Waals surface area contributed by atoms with E-state index in [0.29, 0.717) is 10.8 Å². The molecule has 0 aromatic carbocycles. The van der Waals surface area contributed by atoms with Crippen molar-refractivity contribution in [3.05, 3.63) is 0 Å². The van der Waals surface area contributed by atoms with Crippen molar-refractivity contribution in [3.8, 4) is 0 Å². The summed E-state index contributed by atoms with van der Waals surface area (Å²) in [6.07, 6.45) is 12.3. The lowest BCUT2D eigenvalue weighted by Crippen LogP contribution is -2.47. The molecule has 0 heterocycles. The van der Waals surface area contributed by atoms with E-state index in [4.69, 9.17) is 0 Å². The van der Waals surface area contributed by atoms with Gasteiger partial charge in [-0.15, -0.1) is 0 Å². The van der Waals surface area contributed by atoms with E-state index in [1.807, 2.05) is 0 Å². The molecule has 108 valence electrons. The van der Waals surface area contributed by atoms with Gasteiger partial charge in [0.15, 0.2) is 0 Å². The molecule has 0 aromatic rings. The molecule has 4 aliphatic rings. The number of aliphatic hydroxyl groups is 1. The molecule has 7 atom stereocenters. The SMILES string of the molecule is CC12CCC(O)CC1CCC1C2C[C@]2(C)CCCC12. The van der Waals surface area contributed by atoms with Crippen molar-refractivity contribution in [2.24, 2.45) is 34.5 Å². The Morgan fingerprint density at radius 2 is 1.79 bits per heavy atom. The van der Waals surface area contributed by atoms with E-state index >= 15 is 0 Å². The van der Waals surface area contributed by atoms with Crippen LogP contribution in [-0.4, -0.2) is 11.2 Å². The average Bonchev–Trinajstić information content (AvgIpc) is 2.85. The van der Waals surface area contributed by atoms with Crippen LogP contribution < -0.4 is 0 Å². The van der Waals surface area contributed by atoms with Gasteiger partial charge in [0.25, 0.3) is 0 Å². The molecule has 0 bridgehead atoms. The van der Waals surface area contributed by atoms with E-state index in [9.17, 15) is 5.11 Å². The summed E-state index contributed by atoms with van der Waals surface area (Å²) < 4.78 is 0. The van der Waals surface area contributed by atoms with E-state index < -0.39 is 0 Å². The first-order chi connectivity index (χ1) is 9.03. The van der Waals surface area contributed by atoms with Gasteiger partial charge in [-0.05, 0) is 85.9 Å². The fourth-order valence-corrected chi connectivity index (χ4v) is 7.03. The summed E-state index contributed by atoms with van der Waals surface area (Å²) >= 11 is 0. The Balaban J connectivity index is 1.65. The second kappa shape index (κ2) is 4.00. The van der Waals surface area contributed by atoms with E-state index in [-0.39, 0.29) is 6.10 Å². The molecule has 0 spiro atoms. The van der Waals surface area contributed by atoms with Crippen molar-refractivity contribution in [2.75, 3.05) is 0 Å². The average molecular weight is 262 g/mol. The Labute approximate surface area is 118 Å². The third-order valence-electron chi connectivity index (χ3n) is 8.08. The smallest absolute Gasteiger partial charge is 0.0543 e. The predicted molar refractivity (Wildman–Crippen MR) is 77.7 cm³/mol. The van der Waals surface area contributed by atoms with Gasteiger partial charge in [-0.25, -0.2) is 0 Å². The minimum atomic E-state index is 0.00566. The highest BCUT2D eigenvalue weighted by atomic mass is 16.3. The van der Waals surface area contributed by atoms with E-state index in [2.05, 4.69) is 13.8 Å². The zero-order chi connectivity index (χ0) is 13.3. The normalized spacial score (nSPS) is 60.5. The van der Waals surface area contributed by atoms with Gasteiger partial charge >= 0.3 is 0 Å². The van der Waals surface area contributed by atoms with E-state index in [0.717, 1.165) is 36.5 Å². The van der Waals surface area contributed by atoms with Crippen molar-refractivity contribution in [3.63, 3.8) is 0 Å². The van der Waals surface area contributed by atoms with E-state index in [1.165, 1.54) is 44.9 Å². The Morgan fingerprint density at radius 3 is 2.63 bits per heavy atom. The quantitative estimate of drug-likeness (QED) is 0.686. The van der Waals surface area contributed by atoms with Crippen LogP contribution in [0.25, 0.3) is 0 Å². The van der Waals surface area contributed by atoms with Gasteiger partial charge in [-0.2, -0.15) is 0 Å². The predicted octanol–water partition coefficient (Wildman–Crippen LogP) is 4.39. The maximum Gasteiger partial charge on any atom is 0.0543 e. The minimum absolute atomic E-state index is 0.00566. The molecule has 1 heteroatoms. The molecule has 0 saturated heterocycles. The van der Waals surface area contributed by atoms with Crippen molar-refractivity contribution < 1.29 is 5.11 Å². The Morgan fingerprint density at radius 1 is 0.947 bits per heavy atom. The lowest BCUT2D eigenvalue weighted by Gasteiger charge is -2.53. The summed E-state index contributed by atoms with van der Waals surface area (Å²) in [5.74, 6) is 3.88. The van der Waals surface area contributed by atoms with Gasteiger partial charge in [0.1, 0.15) is 0 Å². The molecule has 0 aromatic heterocycles. The number of hydrogen-bond donors (Lipinski definition) is 1. The second-order valence-corrected chi connectivity index (χ2v) is 8.84. The van der Waals surface area contributed by atoms with Crippen molar-refractivity contribution in [2.45, 2.75) is 77.7 Å². The molecule has 19 heavy (non-hydrogen) atoms. The number of fused-ring (bicyclic) bond motifs is 5. The summed E-state index contributed by atoms with van der Waals surface area (Å²) in [5.41, 5.74) is 1.25. The van der Waals surface area contributed by atoms with Crippen LogP contribution in [0.2, 0.25) is 0 Å². The summed E-state index contributed by atoms with van der Waals surface area (Å²) in [4.78, 5) is 0. The third-order valence-corrected chi connectivity index (χ3v) is 8.08. The molecule has 4 saturated carbocycles. The highest BCUT2D eigenvalue weighted by molar-refractivity contribution is 5.10. The molecule has 4 aliphatic carbocycles. The van der Waals surface area contributed by atoms with Crippen LogP contribution in [0.1, 0.15) is 71.6 Å². The summed E-state index contributed by atoms with van der Waals surface area (Å²) in [6, 6.07) is 0. The summed E-state index contributed by atoms with van der Waals surface area (Å²) in [5, 5.41) is 10.0. The van der Waals surface area contributed by atoms with Crippen LogP contribution in [0.3, 0.4) is 0 Å². The Hall–Kier alpha value is -0.0400. The van der Waals surface area contributed by atoms with Crippen molar-refractivity contribution in [1.29, 1.82) is 0 Å². The molecule has 4 fully saturated rings. The van der Waals surface area contributed by atoms with Crippen LogP contribution in [0, 0.1) is 34.5 Å². The monoisotopic (exact) mass is 262 g/mol. The lowest BCUT2D eigenvalue weighted by atomic mass is 9.52. The first-order valence-electron chi connectivity index (χ1n) is 8.71. The maximum absolute atomic E-state index is 10.0. The number of rotatable bonds is 0. The van der Waals surface area contributed by atoms with Crippen LogP contribution in [0.5, 0.6) is 0 Å². The lowest BCUT2D eigenvalue weighted by molar-refractivity contribution is -0.0674. The molecule has 6 unspecified atom stereocenters. The standard InChI is InChI=1S/C18H30O/c1-17-8-3-4-15(17)14-6-5-12-10-13(19)7-9-18(12,2)16(14)11-17/h12-16,19H,3-11H2,1-2H3/t12?,13?,14?,15?,16?,17-,18?/m0/s1. The fourth-order valence-electron chi connectivity index (χ4n) is 7.03. The second-order valence-electron chi connectivity index (χ2n) is 8.84. The molecule has 0 radical (unpaired) electrons. The molecule has 0 aliphatic heterocycles. The Bertz CT molecular complexity index is 378. The summed E-state index contributed by atoms with van der Waals surface area (Å²) in [7, 11) is 0. The van der Waals surface area contributed by atoms with Gasteiger partial charge in [0, 0.05) is 0 Å². The molecule has 0 amide bonds. The van der Waals surface area contributed by atoms with Crippen LogP contribution in [-0.2, 0) is 0 Å². The highest BCUT2D eigenvalue weighted by Gasteiger charge is 2.61. The zero-order valence-corrected chi connectivity index (χ0v) is 12.7. The number of hydrogen-bond acceptors (Lipinski definition) is 1. The first-order valence-corrected chi connectivity index (χ1v) is 8.71. The van der Waals surface area contributed by atoms with Gasteiger partial charge in [-0.3, -0.25) is 0 Å². The summed E-state index contributed by atoms with van der Waals surface area (Å²) in [6.45, 7) is 5.18. The molecule has 1 nitrogen and oxygen atoms in total. The first kappa shape index (κ1) is 12.7. The molecular weight excluding hydrogens is 232 g/mol. The highest BCUT2D eigenvalue weighted by Crippen LogP contribution is 2.69. The van der Waals surface area contributed by atoms with Crippen molar-refractivity contribution in [1.82, 2.24) is 0 Å². The number of aliphatic hydroxyl groups excluding tert-OH is 1. The van der Waals surface area contributed by atoms with E-state index in [1.54, 1.807) is 0 Å². The maximum atomic E-state index is 10.0. The topological polar surface area (TPSA) is 20.2 Å². The Kier molecular flexibility index (Phi) is 2.67. The van der Waals surface area contributed by atoms with Gasteiger partial charge in [0.2, 0.25) is 0 Å². The van der Waals surface area contributed by atoms with Crippen LogP contribution >= 0.6 is 0 Å². The van der Waals surface area contributed by atoms with Gasteiger partial charge in [-0.1, -0.05) is 20.3 Å². The minimum Gasteiger partial charge on any atom is -0.393 e. The van der Waals surface area contributed by atoms with Gasteiger partial charge in [0.05, 0.1) is 6.10 Å². The third kappa shape index (κ3) is 1.63. The van der Waals surface area contributed by atoms with Crippen molar-refractivity contribution >= 4 is 0 Å². The van der Waals surface area contributed by atoms with Gasteiger partial charge < -0.3 is 5.11 Å². The largest absolute Gasteiger partial charge is 0.393 e.